The average molecular weight is 388 g/mol. The standard InChI is InChI=1S/C20H23ClFN5/c1-11-9-16(21)18(12(2)17(11)22)26-20-25-13(3)24-19-15(10-23-27(19)20)6-4-5-14-7-8-14/h9-10,14H,4-8H2,1-3H3,(H,24,25,26). The van der Waals surface area contributed by atoms with Crippen LogP contribution in [0.15, 0.2) is 12.3 Å². The Kier molecular flexibility index (Phi) is 4.76. The first-order chi connectivity index (χ1) is 12.9. The molecule has 1 aliphatic rings. The van der Waals surface area contributed by atoms with E-state index in [9.17, 15) is 4.39 Å². The minimum absolute atomic E-state index is 0.273. The van der Waals surface area contributed by atoms with E-state index in [0.29, 0.717) is 33.6 Å². The summed E-state index contributed by atoms with van der Waals surface area (Å²) in [7, 11) is 0. The molecule has 2 heterocycles. The molecule has 0 bridgehead atoms. The summed E-state index contributed by atoms with van der Waals surface area (Å²) in [5, 5.41) is 8.08. The van der Waals surface area contributed by atoms with Crippen molar-refractivity contribution in [3.05, 3.63) is 45.6 Å². The van der Waals surface area contributed by atoms with E-state index in [1.807, 2.05) is 13.1 Å². The monoisotopic (exact) mass is 387 g/mol. The molecule has 142 valence electrons. The molecule has 0 unspecified atom stereocenters. The van der Waals surface area contributed by atoms with Crippen LogP contribution < -0.4 is 5.32 Å². The number of halogens is 2. The summed E-state index contributed by atoms with van der Waals surface area (Å²) in [5.41, 5.74) is 3.39. The third-order valence-electron chi connectivity index (χ3n) is 5.18. The highest BCUT2D eigenvalue weighted by Crippen LogP contribution is 2.34. The maximum Gasteiger partial charge on any atom is 0.232 e. The second-order valence-electron chi connectivity index (χ2n) is 7.45. The molecule has 2 aromatic heterocycles. The number of rotatable bonds is 6. The van der Waals surface area contributed by atoms with E-state index in [-0.39, 0.29) is 5.82 Å². The Morgan fingerprint density at radius 2 is 2.04 bits per heavy atom. The molecule has 1 saturated carbocycles. The smallest absolute Gasteiger partial charge is 0.232 e. The van der Waals surface area contributed by atoms with Gasteiger partial charge in [-0.15, -0.1) is 0 Å². The second kappa shape index (κ2) is 7.08. The SMILES string of the molecule is Cc1nc(Nc2c(Cl)cc(C)c(F)c2C)n2ncc(CCCC3CC3)c2n1. The fourth-order valence-electron chi connectivity index (χ4n) is 3.45. The Balaban J connectivity index is 1.68. The molecule has 4 rings (SSSR count). The van der Waals surface area contributed by atoms with Gasteiger partial charge >= 0.3 is 0 Å². The molecule has 5 nitrogen and oxygen atoms in total. The predicted molar refractivity (Wildman–Crippen MR) is 105 cm³/mol. The van der Waals surface area contributed by atoms with Crippen LogP contribution in [0.2, 0.25) is 5.02 Å². The highest BCUT2D eigenvalue weighted by Gasteiger charge is 2.21. The van der Waals surface area contributed by atoms with Crippen LogP contribution in [0.5, 0.6) is 0 Å². The molecule has 0 atom stereocenters. The highest BCUT2D eigenvalue weighted by molar-refractivity contribution is 6.33. The lowest BCUT2D eigenvalue weighted by Crippen LogP contribution is -2.08. The van der Waals surface area contributed by atoms with Gasteiger partial charge < -0.3 is 5.32 Å². The summed E-state index contributed by atoms with van der Waals surface area (Å²) in [6.07, 6.45) is 7.96. The molecule has 1 aromatic carbocycles. The van der Waals surface area contributed by atoms with Crippen LogP contribution in [0, 0.1) is 32.5 Å². The van der Waals surface area contributed by atoms with Gasteiger partial charge in [-0.2, -0.15) is 14.6 Å². The lowest BCUT2D eigenvalue weighted by atomic mass is 10.1. The maximum absolute atomic E-state index is 14.3. The van der Waals surface area contributed by atoms with Crippen molar-refractivity contribution in [2.75, 3.05) is 5.32 Å². The van der Waals surface area contributed by atoms with E-state index in [2.05, 4.69) is 20.4 Å². The molecule has 3 aromatic rings. The number of aromatic nitrogens is 4. The van der Waals surface area contributed by atoms with Crippen LogP contribution in [0.3, 0.4) is 0 Å². The Labute approximate surface area is 163 Å². The Morgan fingerprint density at radius 1 is 1.26 bits per heavy atom. The molecule has 1 aliphatic carbocycles. The average Bonchev–Trinajstić information content (AvgIpc) is 3.36. The third-order valence-corrected chi connectivity index (χ3v) is 5.48. The van der Waals surface area contributed by atoms with Gasteiger partial charge in [-0.25, -0.2) is 9.37 Å². The highest BCUT2D eigenvalue weighted by atomic mass is 35.5. The van der Waals surface area contributed by atoms with Crippen LogP contribution in [-0.4, -0.2) is 19.6 Å². The van der Waals surface area contributed by atoms with Crippen molar-refractivity contribution in [2.24, 2.45) is 5.92 Å². The van der Waals surface area contributed by atoms with Crippen molar-refractivity contribution in [3.63, 3.8) is 0 Å². The van der Waals surface area contributed by atoms with Crippen molar-refractivity contribution in [1.82, 2.24) is 19.6 Å². The molecule has 0 saturated heterocycles. The molecular formula is C20H23ClFN5. The number of hydrogen-bond donors (Lipinski definition) is 1. The fraction of sp³-hybridized carbons (Fsp3) is 0.450. The first kappa shape index (κ1) is 18.2. The largest absolute Gasteiger partial charge is 0.322 e. The minimum Gasteiger partial charge on any atom is -0.322 e. The first-order valence-electron chi connectivity index (χ1n) is 9.37. The zero-order valence-electron chi connectivity index (χ0n) is 15.8. The summed E-state index contributed by atoms with van der Waals surface area (Å²) >= 11 is 6.35. The summed E-state index contributed by atoms with van der Waals surface area (Å²) < 4.78 is 16.0. The van der Waals surface area contributed by atoms with Crippen molar-refractivity contribution in [2.45, 2.75) is 52.9 Å². The zero-order chi connectivity index (χ0) is 19.1. The molecule has 1 fully saturated rings. The Morgan fingerprint density at radius 3 is 2.78 bits per heavy atom. The Bertz CT molecular complexity index is 1010. The Hall–Kier alpha value is -2.21. The second-order valence-corrected chi connectivity index (χ2v) is 7.86. The van der Waals surface area contributed by atoms with Crippen LogP contribution in [-0.2, 0) is 6.42 Å². The number of nitrogens with one attached hydrogen (secondary N) is 1. The zero-order valence-corrected chi connectivity index (χ0v) is 16.6. The lowest BCUT2D eigenvalue weighted by Gasteiger charge is -2.14. The number of fused-ring (bicyclic) bond motifs is 1. The van der Waals surface area contributed by atoms with Crippen molar-refractivity contribution >= 4 is 28.9 Å². The van der Waals surface area contributed by atoms with Crippen LogP contribution in [0.25, 0.3) is 5.65 Å². The van der Waals surface area contributed by atoms with E-state index >= 15 is 0 Å². The summed E-state index contributed by atoms with van der Waals surface area (Å²) in [6.45, 7) is 5.25. The van der Waals surface area contributed by atoms with Gasteiger partial charge in [-0.1, -0.05) is 30.9 Å². The van der Waals surface area contributed by atoms with Crippen LogP contribution >= 0.6 is 11.6 Å². The fourth-order valence-corrected chi connectivity index (χ4v) is 3.80. The molecule has 1 N–H and O–H groups in total. The van der Waals surface area contributed by atoms with E-state index in [1.165, 1.54) is 19.3 Å². The van der Waals surface area contributed by atoms with Crippen LogP contribution in [0.1, 0.15) is 48.2 Å². The van der Waals surface area contributed by atoms with Crippen molar-refractivity contribution in [3.8, 4) is 0 Å². The lowest BCUT2D eigenvalue weighted by molar-refractivity contribution is 0.610. The van der Waals surface area contributed by atoms with Crippen LogP contribution in [0.4, 0.5) is 16.0 Å². The van der Waals surface area contributed by atoms with Gasteiger partial charge in [0.25, 0.3) is 0 Å². The minimum atomic E-state index is -0.273. The van der Waals surface area contributed by atoms with Gasteiger partial charge in [0.2, 0.25) is 5.95 Å². The molecule has 0 radical (unpaired) electrons. The number of aryl methyl sites for hydroxylation is 3. The summed E-state index contributed by atoms with van der Waals surface area (Å²) in [4.78, 5) is 9.03. The number of benzene rings is 1. The van der Waals surface area contributed by atoms with Gasteiger partial charge in [-0.05, 0) is 51.2 Å². The molecule has 0 spiro atoms. The first-order valence-corrected chi connectivity index (χ1v) is 9.75. The predicted octanol–water partition coefficient (Wildman–Crippen LogP) is 5.32. The number of hydrogen-bond acceptors (Lipinski definition) is 4. The molecule has 0 aliphatic heterocycles. The number of nitrogens with zero attached hydrogens (tertiary/aromatic N) is 4. The molecule has 0 amide bonds. The quantitative estimate of drug-likeness (QED) is 0.622. The topological polar surface area (TPSA) is 55.1 Å². The van der Waals surface area contributed by atoms with Gasteiger partial charge in [0.15, 0.2) is 5.65 Å². The molecule has 7 heteroatoms. The van der Waals surface area contributed by atoms with E-state index in [0.717, 1.165) is 30.0 Å². The van der Waals surface area contributed by atoms with Gasteiger partial charge in [0.1, 0.15) is 11.6 Å². The summed E-state index contributed by atoms with van der Waals surface area (Å²) in [6, 6.07) is 1.61. The van der Waals surface area contributed by atoms with E-state index < -0.39 is 0 Å². The van der Waals surface area contributed by atoms with Gasteiger partial charge in [-0.3, -0.25) is 0 Å². The third kappa shape index (κ3) is 3.63. The number of anilines is 2. The van der Waals surface area contributed by atoms with Crippen molar-refractivity contribution < 1.29 is 4.39 Å². The normalized spacial score (nSPS) is 14.1. The van der Waals surface area contributed by atoms with Gasteiger partial charge in [0, 0.05) is 11.1 Å². The summed E-state index contributed by atoms with van der Waals surface area (Å²) in [5.74, 6) is 1.77. The van der Waals surface area contributed by atoms with E-state index in [4.69, 9.17) is 11.6 Å². The van der Waals surface area contributed by atoms with E-state index in [1.54, 1.807) is 24.4 Å². The van der Waals surface area contributed by atoms with Gasteiger partial charge in [0.05, 0.1) is 16.9 Å². The maximum atomic E-state index is 14.3. The molecular weight excluding hydrogens is 365 g/mol. The van der Waals surface area contributed by atoms with Crippen molar-refractivity contribution in [1.29, 1.82) is 0 Å². The molecule has 27 heavy (non-hydrogen) atoms.